The number of ether oxygens (including phenoxy) is 1. The Bertz CT molecular complexity index is 897. The Hall–Kier alpha value is -2.48. The van der Waals surface area contributed by atoms with Crippen molar-refractivity contribution in [1.29, 1.82) is 0 Å². The molecule has 2 amide bonds. The predicted molar refractivity (Wildman–Crippen MR) is 101 cm³/mol. The molecule has 1 spiro atoms. The van der Waals surface area contributed by atoms with Gasteiger partial charge in [-0.25, -0.2) is 0 Å². The summed E-state index contributed by atoms with van der Waals surface area (Å²) in [4.78, 5) is 28.2. The highest BCUT2D eigenvalue weighted by atomic mass is 32.1. The molecule has 1 aromatic carbocycles. The topological polar surface area (TPSA) is 84.4 Å². The van der Waals surface area contributed by atoms with Crippen molar-refractivity contribution < 1.29 is 14.3 Å². The van der Waals surface area contributed by atoms with Gasteiger partial charge in [-0.2, -0.15) is 0 Å². The molecule has 0 bridgehead atoms. The van der Waals surface area contributed by atoms with Crippen LogP contribution in [0.25, 0.3) is 0 Å². The van der Waals surface area contributed by atoms with Gasteiger partial charge in [0.2, 0.25) is 0 Å². The quantitative estimate of drug-likeness (QED) is 0.873. The highest BCUT2D eigenvalue weighted by molar-refractivity contribution is 7.08. The lowest BCUT2D eigenvalue weighted by atomic mass is 9.91. The van der Waals surface area contributed by atoms with E-state index in [0.29, 0.717) is 35.7 Å². The SMILES string of the molecule is CCc1nnsc1C(=O)N1CC[C@]2(CCc3ccc(OC)cc3C(=O)N2)C1. The number of rotatable bonds is 3. The molecular formula is C19H22N4O3S. The van der Waals surface area contributed by atoms with Crippen molar-refractivity contribution in [2.45, 2.75) is 38.1 Å². The van der Waals surface area contributed by atoms with Crippen LogP contribution in [-0.4, -0.2) is 52.0 Å². The Labute approximate surface area is 161 Å². The summed E-state index contributed by atoms with van der Waals surface area (Å²) in [6.07, 6.45) is 3.04. The minimum absolute atomic E-state index is 0.0311. The van der Waals surface area contributed by atoms with Gasteiger partial charge < -0.3 is 15.0 Å². The van der Waals surface area contributed by atoms with Crippen molar-refractivity contribution in [2.24, 2.45) is 0 Å². The third kappa shape index (κ3) is 3.18. The van der Waals surface area contributed by atoms with E-state index in [1.54, 1.807) is 13.2 Å². The minimum Gasteiger partial charge on any atom is -0.497 e. The molecule has 2 aliphatic heterocycles. The maximum Gasteiger partial charge on any atom is 0.267 e. The van der Waals surface area contributed by atoms with Crippen LogP contribution in [0.1, 0.15) is 51.1 Å². The van der Waals surface area contributed by atoms with Crippen LogP contribution in [-0.2, 0) is 12.8 Å². The molecule has 0 aliphatic carbocycles. The van der Waals surface area contributed by atoms with Crippen LogP contribution in [0.5, 0.6) is 5.75 Å². The van der Waals surface area contributed by atoms with Gasteiger partial charge in [0.05, 0.1) is 18.3 Å². The Kier molecular flexibility index (Phi) is 4.59. The normalized spacial score (nSPS) is 21.7. The molecule has 27 heavy (non-hydrogen) atoms. The highest BCUT2D eigenvalue weighted by Crippen LogP contribution is 2.33. The van der Waals surface area contributed by atoms with Gasteiger partial charge in [-0.15, -0.1) is 5.10 Å². The van der Waals surface area contributed by atoms with Crippen LogP contribution in [0.2, 0.25) is 0 Å². The van der Waals surface area contributed by atoms with Crippen molar-refractivity contribution in [1.82, 2.24) is 19.8 Å². The molecule has 142 valence electrons. The molecule has 0 saturated carbocycles. The Balaban J connectivity index is 1.54. The Morgan fingerprint density at radius 2 is 2.26 bits per heavy atom. The van der Waals surface area contributed by atoms with Crippen molar-refractivity contribution in [3.8, 4) is 5.75 Å². The second-order valence-electron chi connectivity index (χ2n) is 7.14. The lowest BCUT2D eigenvalue weighted by Crippen LogP contribution is -2.50. The van der Waals surface area contributed by atoms with Crippen LogP contribution in [0.15, 0.2) is 18.2 Å². The van der Waals surface area contributed by atoms with Crippen LogP contribution < -0.4 is 10.1 Å². The molecular weight excluding hydrogens is 364 g/mol. The Morgan fingerprint density at radius 1 is 1.41 bits per heavy atom. The number of hydrogen-bond donors (Lipinski definition) is 1. The number of amides is 2. The molecule has 1 fully saturated rings. The van der Waals surface area contributed by atoms with Crippen LogP contribution >= 0.6 is 11.5 Å². The molecule has 1 atom stereocenters. The number of methoxy groups -OCH3 is 1. The fraction of sp³-hybridized carbons (Fsp3) is 0.474. The van der Waals surface area contributed by atoms with Crippen molar-refractivity contribution in [3.05, 3.63) is 39.9 Å². The summed E-state index contributed by atoms with van der Waals surface area (Å²) in [5, 5.41) is 7.25. The van der Waals surface area contributed by atoms with Gasteiger partial charge in [0.15, 0.2) is 0 Å². The average Bonchev–Trinajstić information content (AvgIpc) is 3.30. The largest absolute Gasteiger partial charge is 0.497 e. The van der Waals surface area contributed by atoms with E-state index in [1.165, 1.54) is 0 Å². The summed E-state index contributed by atoms with van der Waals surface area (Å²) < 4.78 is 9.18. The van der Waals surface area contributed by atoms with E-state index in [2.05, 4.69) is 14.9 Å². The van der Waals surface area contributed by atoms with Crippen LogP contribution in [0.4, 0.5) is 0 Å². The fourth-order valence-electron chi connectivity index (χ4n) is 3.95. The summed E-state index contributed by atoms with van der Waals surface area (Å²) in [5.74, 6) is 0.550. The number of benzene rings is 1. The zero-order valence-electron chi connectivity index (χ0n) is 15.4. The Morgan fingerprint density at radius 3 is 3.04 bits per heavy atom. The molecule has 1 aromatic heterocycles. The number of likely N-dealkylation sites (tertiary alicyclic amines) is 1. The zero-order valence-corrected chi connectivity index (χ0v) is 16.3. The van der Waals surface area contributed by atoms with Gasteiger partial charge in [-0.05, 0) is 54.9 Å². The average molecular weight is 386 g/mol. The first-order valence-electron chi connectivity index (χ1n) is 9.15. The van der Waals surface area contributed by atoms with Crippen LogP contribution in [0, 0.1) is 0 Å². The van der Waals surface area contributed by atoms with Gasteiger partial charge in [-0.1, -0.05) is 17.5 Å². The first kappa shape index (κ1) is 17.9. The predicted octanol–water partition coefficient (Wildman–Crippen LogP) is 2.07. The molecule has 0 unspecified atom stereocenters. The zero-order chi connectivity index (χ0) is 19.0. The summed E-state index contributed by atoms with van der Waals surface area (Å²) >= 11 is 1.15. The maximum absolute atomic E-state index is 12.9. The number of nitrogens with zero attached hydrogens (tertiary/aromatic N) is 3. The smallest absolute Gasteiger partial charge is 0.267 e. The number of aryl methyl sites for hydroxylation is 2. The number of carbonyl (C=O) groups is 2. The fourth-order valence-corrected chi connectivity index (χ4v) is 4.67. The number of fused-ring (bicyclic) bond motifs is 1. The molecule has 7 nitrogen and oxygen atoms in total. The van der Waals surface area contributed by atoms with Gasteiger partial charge in [0.25, 0.3) is 11.8 Å². The van der Waals surface area contributed by atoms with E-state index in [1.807, 2.05) is 24.0 Å². The molecule has 0 radical (unpaired) electrons. The second kappa shape index (κ2) is 6.92. The van der Waals surface area contributed by atoms with Gasteiger partial charge in [0, 0.05) is 18.7 Å². The second-order valence-corrected chi connectivity index (χ2v) is 7.89. The molecule has 3 heterocycles. The van der Waals surface area contributed by atoms with Crippen molar-refractivity contribution in [2.75, 3.05) is 20.2 Å². The van der Waals surface area contributed by atoms with E-state index in [0.717, 1.165) is 42.1 Å². The minimum atomic E-state index is -0.385. The third-order valence-electron chi connectivity index (χ3n) is 5.54. The number of aromatic nitrogens is 2. The van der Waals surface area contributed by atoms with E-state index in [9.17, 15) is 9.59 Å². The molecule has 1 saturated heterocycles. The molecule has 2 aliphatic rings. The molecule has 8 heteroatoms. The lowest BCUT2D eigenvalue weighted by Gasteiger charge is -2.28. The van der Waals surface area contributed by atoms with Gasteiger partial charge >= 0.3 is 0 Å². The van der Waals surface area contributed by atoms with Crippen molar-refractivity contribution in [3.63, 3.8) is 0 Å². The lowest BCUT2D eigenvalue weighted by molar-refractivity contribution is 0.0767. The van der Waals surface area contributed by atoms with Gasteiger partial charge in [0.1, 0.15) is 10.6 Å². The summed E-state index contributed by atoms with van der Waals surface area (Å²) in [6, 6.07) is 5.64. The highest BCUT2D eigenvalue weighted by Gasteiger charge is 2.43. The number of carbonyl (C=O) groups excluding carboxylic acids is 2. The third-order valence-corrected chi connectivity index (χ3v) is 6.30. The monoisotopic (exact) mass is 386 g/mol. The van der Waals surface area contributed by atoms with E-state index < -0.39 is 0 Å². The first-order valence-corrected chi connectivity index (χ1v) is 9.92. The molecule has 1 N–H and O–H groups in total. The first-order chi connectivity index (χ1) is 13.0. The van der Waals surface area contributed by atoms with Gasteiger partial charge in [-0.3, -0.25) is 9.59 Å². The summed E-state index contributed by atoms with van der Waals surface area (Å²) in [7, 11) is 1.59. The number of nitrogens with one attached hydrogen (secondary N) is 1. The van der Waals surface area contributed by atoms with E-state index >= 15 is 0 Å². The summed E-state index contributed by atoms with van der Waals surface area (Å²) in [6.45, 7) is 3.11. The molecule has 4 rings (SSSR count). The molecule has 2 aromatic rings. The van der Waals surface area contributed by atoms with E-state index in [4.69, 9.17) is 4.74 Å². The maximum atomic E-state index is 12.9. The van der Waals surface area contributed by atoms with Crippen LogP contribution in [0.3, 0.4) is 0 Å². The van der Waals surface area contributed by atoms with Crippen molar-refractivity contribution >= 4 is 23.3 Å². The van der Waals surface area contributed by atoms with E-state index in [-0.39, 0.29) is 17.4 Å². The number of hydrogen-bond acceptors (Lipinski definition) is 6. The standard InChI is InChI=1S/C19H22N4O3S/c1-3-15-16(27-22-21-15)18(25)23-9-8-19(11-23)7-6-12-4-5-13(26-2)10-14(12)17(24)20-19/h4-5,10H,3,6-9,11H2,1-2H3,(H,20,24)/t19-/m1/s1. The summed E-state index contributed by atoms with van der Waals surface area (Å²) in [5.41, 5.74) is 2.05.